The number of methoxy groups -OCH3 is 1. The number of ether oxygens (including phenoxy) is 1. The number of anilines is 2. The van der Waals surface area contributed by atoms with Crippen LogP contribution in [0, 0.1) is 6.92 Å². The van der Waals surface area contributed by atoms with Crippen molar-refractivity contribution in [2.24, 2.45) is 0 Å². The molecule has 0 saturated carbocycles. The number of carbonyl (C=O) groups is 1. The van der Waals surface area contributed by atoms with Gasteiger partial charge < -0.3 is 15.2 Å². The molecule has 0 atom stereocenters. The lowest BCUT2D eigenvalue weighted by molar-refractivity contribution is 0.0697. The summed E-state index contributed by atoms with van der Waals surface area (Å²) in [7, 11) is 1.52. The van der Waals surface area contributed by atoms with E-state index in [-0.39, 0.29) is 5.56 Å². The van der Waals surface area contributed by atoms with Crippen LogP contribution in [-0.4, -0.2) is 28.2 Å². The Balaban J connectivity index is 2.28. The number of nitrogens with one attached hydrogen (secondary N) is 1. The molecule has 6 nitrogen and oxygen atoms in total. The second-order valence-corrected chi connectivity index (χ2v) is 3.89. The van der Waals surface area contributed by atoms with Gasteiger partial charge in [0.25, 0.3) is 0 Å². The molecule has 0 bridgehead atoms. The Morgan fingerprint density at radius 2 is 2.11 bits per heavy atom. The third kappa shape index (κ3) is 3.19. The monoisotopic (exact) mass is 259 g/mol. The maximum Gasteiger partial charge on any atom is 0.335 e. The third-order valence-electron chi connectivity index (χ3n) is 2.41. The smallest absolute Gasteiger partial charge is 0.335 e. The average Bonchev–Trinajstić information content (AvgIpc) is 2.38. The van der Waals surface area contributed by atoms with Crippen LogP contribution < -0.4 is 10.1 Å². The average molecular weight is 259 g/mol. The molecular formula is C13H13N3O3. The van der Waals surface area contributed by atoms with Crippen molar-refractivity contribution in [2.45, 2.75) is 6.92 Å². The molecule has 0 aliphatic rings. The van der Waals surface area contributed by atoms with Gasteiger partial charge in [-0.25, -0.2) is 9.78 Å². The summed E-state index contributed by atoms with van der Waals surface area (Å²) in [6.07, 6.45) is 0. The number of carboxylic acids is 1. The molecule has 0 unspecified atom stereocenters. The molecule has 2 aromatic rings. The minimum Gasteiger partial charge on any atom is -0.481 e. The van der Waals surface area contributed by atoms with Crippen molar-refractivity contribution in [3.63, 3.8) is 0 Å². The van der Waals surface area contributed by atoms with Gasteiger partial charge in [-0.05, 0) is 25.1 Å². The van der Waals surface area contributed by atoms with Gasteiger partial charge in [0, 0.05) is 17.4 Å². The van der Waals surface area contributed by atoms with E-state index in [4.69, 9.17) is 9.84 Å². The summed E-state index contributed by atoms with van der Waals surface area (Å²) in [5, 5.41) is 11.9. The number of carboxylic acid groups (broad SMARTS) is 1. The number of hydrogen-bond acceptors (Lipinski definition) is 5. The quantitative estimate of drug-likeness (QED) is 0.875. The summed E-state index contributed by atoms with van der Waals surface area (Å²) in [5.41, 5.74) is 1.56. The summed E-state index contributed by atoms with van der Waals surface area (Å²) in [5.74, 6) is -0.171. The number of rotatable bonds is 4. The van der Waals surface area contributed by atoms with Gasteiger partial charge in [-0.2, -0.15) is 4.98 Å². The van der Waals surface area contributed by atoms with Gasteiger partial charge in [-0.15, -0.1) is 0 Å². The van der Waals surface area contributed by atoms with Crippen molar-refractivity contribution in [1.82, 2.24) is 9.97 Å². The SMILES string of the molecule is COc1cc(C)nc(Nc2cccc(C(=O)O)c2)n1. The topological polar surface area (TPSA) is 84.3 Å². The number of hydrogen-bond donors (Lipinski definition) is 2. The zero-order chi connectivity index (χ0) is 13.8. The Labute approximate surface area is 110 Å². The first-order valence-electron chi connectivity index (χ1n) is 5.58. The van der Waals surface area contributed by atoms with Crippen molar-refractivity contribution in [3.8, 4) is 5.88 Å². The van der Waals surface area contributed by atoms with E-state index in [1.165, 1.54) is 19.2 Å². The Kier molecular flexibility index (Phi) is 3.61. The van der Waals surface area contributed by atoms with Gasteiger partial charge in [0.2, 0.25) is 11.8 Å². The maximum absolute atomic E-state index is 10.9. The van der Waals surface area contributed by atoms with E-state index in [2.05, 4.69) is 15.3 Å². The van der Waals surface area contributed by atoms with Crippen LogP contribution in [0.1, 0.15) is 16.1 Å². The number of nitrogens with zero attached hydrogens (tertiary/aromatic N) is 2. The molecule has 0 spiro atoms. The van der Waals surface area contributed by atoms with E-state index < -0.39 is 5.97 Å². The molecule has 1 aromatic heterocycles. The number of aromatic carboxylic acids is 1. The molecule has 0 radical (unpaired) electrons. The summed E-state index contributed by atoms with van der Waals surface area (Å²) in [6.45, 7) is 1.82. The molecule has 0 fully saturated rings. The highest BCUT2D eigenvalue weighted by atomic mass is 16.5. The standard InChI is InChI=1S/C13H13N3O3/c1-8-6-11(19-2)16-13(14-8)15-10-5-3-4-9(7-10)12(17)18/h3-7H,1-2H3,(H,17,18)(H,14,15,16). The van der Waals surface area contributed by atoms with Gasteiger partial charge in [-0.3, -0.25) is 0 Å². The van der Waals surface area contributed by atoms with Crippen molar-refractivity contribution < 1.29 is 14.6 Å². The molecule has 1 aromatic carbocycles. The molecule has 19 heavy (non-hydrogen) atoms. The fourth-order valence-electron chi connectivity index (χ4n) is 1.56. The summed E-state index contributed by atoms with van der Waals surface area (Å²) < 4.78 is 5.05. The second kappa shape index (κ2) is 5.34. The minimum atomic E-state index is -0.980. The lowest BCUT2D eigenvalue weighted by Crippen LogP contribution is -2.02. The fraction of sp³-hybridized carbons (Fsp3) is 0.154. The largest absolute Gasteiger partial charge is 0.481 e. The van der Waals surface area contributed by atoms with Crippen LogP contribution in [0.15, 0.2) is 30.3 Å². The summed E-state index contributed by atoms with van der Waals surface area (Å²) >= 11 is 0. The van der Waals surface area contributed by atoms with E-state index in [0.717, 1.165) is 5.69 Å². The predicted octanol–water partition coefficient (Wildman–Crippen LogP) is 2.24. The highest BCUT2D eigenvalue weighted by molar-refractivity contribution is 5.88. The number of aryl methyl sites for hydroxylation is 1. The molecular weight excluding hydrogens is 246 g/mol. The molecule has 0 saturated heterocycles. The van der Waals surface area contributed by atoms with Crippen LogP contribution in [0.25, 0.3) is 0 Å². The lowest BCUT2D eigenvalue weighted by atomic mass is 10.2. The predicted molar refractivity (Wildman–Crippen MR) is 70.0 cm³/mol. The van der Waals surface area contributed by atoms with E-state index in [1.807, 2.05) is 6.92 Å². The first-order valence-corrected chi connectivity index (χ1v) is 5.58. The van der Waals surface area contributed by atoms with Crippen LogP contribution in [0.5, 0.6) is 5.88 Å². The van der Waals surface area contributed by atoms with E-state index in [9.17, 15) is 4.79 Å². The van der Waals surface area contributed by atoms with Crippen LogP contribution in [-0.2, 0) is 0 Å². The van der Waals surface area contributed by atoms with Crippen molar-refractivity contribution in [3.05, 3.63) is 41.6 Å². The Bertz CT molecular complexity index is 614. The normalized spacial score (nSPS) is 10.0. The Hall–Kier alpha value is -2.63. The molecule has 0 amide bonds. The summed E-state index contributed by atoms with van der Waals surface area (Å²) in [4.78, 5) is 19.2. The van der Waals surface area contributed by atoms with Crippen molar-refractivity contribution in [2.75, 3.05) is 12.4 Å². The molecule has 6 heteroatoms. The fourth-order valence-corrected chi connectivity index (χ4v) is 1.56. The summed E-state index contributed by atoms with van der Waals surface area (Å²) in [6, 6.07) is 8.13. The molecule has 0 aliphatic heterocycles. The molecule has 98 valence electrons. The van der Waals surface area contributed by atoms with Crippen molar-refractivity contribution in [1.29, 1.82) is 0 Å². The molecule has 0 aliphatic carbocycles. The number of benzene rings is 1. The van der Waals surface area contributed by atoms with Crippen LogP contribution in [0.2, 0.25) is 0 Å². The highest BCUT2D eigenvalue weighted by Gasteiger charge is 2.06. The zero-order valence-electron chi connectivity index (χ0n) is 10.5. The van der Waals surface area contributed by atoms with Crippen LogP contribution in [0.3, 0.4) is 0 Å². The minimum absolute atomic E-state index is 0.199. The number of aromatic nitrogens is 2. The maximum atomic E-state index is 10.9. The third-order valence-corrected chi connectivity index (χ3v) is 2.41. The highest BCUT2D eigenvalue weighted by Crippen LogP contribution is 2.17. The molecule has 2 N–H and O–H groups in total. The van der Waals surface area contributed by atoms with Gasteiger partial charge in [0.15, 0.2) is 0 Å². The van der Waals surface area contributed by atoms with Crippen LogP contribution in [0.4, 0.5) is 11.6 Å². The zero-order valence-corrected chi connectivity index (χ0v) is 10.5. The van der Waals surface area contributed by atoms with Gasteiger partial charge in [0.05, 0.1) is 12.7 Å². The van der Waals surface area contributed by atoms with E-state index >= 15 is 0 Å². The Morgan fingerprint density at radius 1 is 1.32 bits per heavy atom. The molecule has 2 rings (SSSR count). The Morgan fingerprint density at radius 3 is 2.79 bits per heavy atom. The first kappa shape index (κ1) is 12.8. The van der Waals surface area contributed by atoms with Gasteiger partial charge in [0.1, 0.15) is 0 Å². The van der Waals surface area contributed by atoms with Crippen molar-refractivity contribution >= 4 is 17.6 Å². The molecule has 1 heterocycles. The van der Waals surface area contributed by atoms with E-state index in [0.29, 0.717) is 17.5 Å². The van der Waals surface area contributed by atoms with Gasteiger partial charge in [-0.1, -0.05) is 6.07 Å². The van der Waals surface area contributed by atoms with Gasteiger partial charge >= 0.3 is 5.97 Å². The first-order chi connectivity index (χ1) is 9.08. The lowest BCUT2D eigenvalue weighted by Gasteiger charge is -2.07. The second-order valence-electron chi connectivity index (χ2n) is 3.89. The van der Waals surface area contributed by atoms with E-state index in [1.54, 1.807) is 18.2 Å². The van der Waals surface area contributed by atoms with Crippen LogP contribution >= 0.6 is 0 Å².